The van der Waals surface area contributed by atoms with Crippen molar-refractivity contribution < 1.29 is 4.79 Å². The van der Waals surface area contributed by atoms with Gasteiger partial charge in [0.25, 0.3) is 0 Å². The van der Waals surface area contributed by atoms with E-state index in [-0.39, 0.29) is 5.91 Å². The maximum atomic E-state index is 11.1. The Labute approximate surface area is 79.3 Å². The molecule has 0 unspecified atom stereocenters. The summed E-state index contributed by atoms with van der Waals surface area (Å²) >= 11 is 0. The highest BCUT2D eigenvalue weighted by Gasteiger charge is 2.00. The van der Waals surface area contributed by atoms with Gasteiger partial charge in [0, 0.05) is 19.5 Å². The first-order chi connectivity index (χ1) is 6.16. The van der Waals surface area contributed by atoms with Crippen LogP contribution >= 0.6 is 0 Å². The fourth-order valence-corrected chi connectivity index (χ4v) is 0.753. The molecule has 0 fully saturated rings. The summed E-state index contributed by atoms with van der Waals surface area (Å²) in [6, 6.07) is 1.95. The summed E-state index contributed by atoms with van der Waals surface area (Å²) in [6.07, 6.45) is 0.439. The zero-order chi connectivity index (χ0) is 10.1. The lowest BCUT2D eigenvalue weighted by Crippen LogP contribution is -2.30. The minimum absolute atomic E-state index is 0.0409. The summed E-state index contributed by atoms with van der Waals surface area (Å²) < 4.78 is 0. The molecule has 0 aliphatic carbocycles. The first kappa shape index (κ1) is 11.9. The highest BCUT2D eigenvalue weighted by molar-refractivity contribution is 5.76. The molecule has 0 spiro atoms. The number of carbonyl (C=O) groups is 1. The zero-order valence-corrected chi connectivity index (χ0v) is 8.26. The summed E-state index contributed by atoms with van der Waals surface area (Å²) in [7, 11) is 0. The SMILES string of the molecule is CC(C)CNC(=O)CCNCC#N. The van der Waals surface area contributed by atoms with Crippen molar-refractivity contribution >= 4 is 5.91 Å². The van der Waals surface area contributed by atoms with Gasteiger partial charge >= 0.3 is 0 Å². The molecule has 0 rings (SSSR count). The van der Waals surface area contributed by atoms with Crippen LogP contribution in [0.15, 0.2) is 0 Å². The molecule has 74 valence electrons. The number of rotatable bonds is 6. The van der Waals surface area contributed by atoms with E-state index in [0.29, 0.717) is 25.4 Å². The van der Waals surface area contributed by atoms with E-state index in [2.05, 4.69) is 10.6 Å². The van der Waals surface area contributed by atoms with Crippen LogP contribution in [0, 0.1) is 17.2 Å². The molecule has 13 heavy (non-hydrogen) atoms. The Balaban J connectivity index is 3.26. The molecule has 0 atom stereocenters. The van der Waals surface area contributed by atoms with Crippen LogP contribution in [0.3, 0.4) is 0 Å². The number of amides is 1. The Morgan fingerprint density at radius 2 is 2.23 bits per heavy atom. The minimum atomic E-state index is 0.0409. The second kappa shape index (κ2) is 7.56. The molecule has 2 N–H and O–H groups in total. The Hall–Kier alpha value is -1.08. The van der Waals surface area contributed by atoms with Crippen molar-refractivity contribution in [2.45, 2.75) is 20.3 Å². The predicted molar refractivity (Wildman–Crippen MR) is 50.9 cm³/mol. The molecule has 0 saturated carbocycles. The van der Waals surface area contributed by atoms with Gasteiger partial charge in [-0.2, -0.15) is 5.26 Å². The van der Waals surface area contributed by atoms with Gasteiger partial charge < -0.3 is 10.6 Å². The molecule has 0 saturated heterocycles. The largest absolute Gasteiger partial charge is 0.356 e. The molecule has 0 aromatic rings. The van der Waals surface area contributed by atoms with Gasteiger partial charge in [0.05, 0.1) is 12.6 Å². The average molecular weight is 183 g/mol. The average Bonchev–Trinajstić information content (AvgIpc) is 2.09. The lowest BCUT2D eigenvalue weighted by Gasteiger charge is -2.06. The Morgan fingerprint density at radius 1 is 1.54 bits per heavy atom. The first-order valence-corrected chi connectivity index (χ1v) is 4.51. The van der Waals surface area contributed by atoms with Crippen LogP contribution in [-0.4, -0.2) is 25.5 Å². The van der Waals surface area contributed by atoms with Crippen molar-refractivity contribution in [1.29, 1.82) is 5.26 Å². The van der Waals surface area contributed by atoms with E-state index in [1.807, 2.05) is 19.9 Å². The predicted octanol–water partition coefficient (Wildman–Crippen LogP) is 0.262. The highest BCUT2D eigenvalue weighted by atomic mass is 16.1. The van der Waals surface area contributed by atoms with Crippen LogP contribution in [0.5, 0.6) is 0 Å². The van der Waals surface area contributed by atoms with Crippen molar-refractivity contribution in [3.63, 3.8) is 0 Å². The van der Waals surface area contributed by atoms with E-state index < -0.39 is 0 Å². The molecule has 0 bridgehead atoms. The van der Waals surface area contributed by atoms with E-state index in [9.17, 15) is 4.79 Å². The molecule has 0 aliphatic rings. The number of carbonyl (C=O) groups excluding carboxylic acids is 1. The number of nitriles is 1. The van der Waals surface area contributed by atoms with Gasteiger partial charge in [0.2, 0.25) is 5.91 Å². The van der Waals surface area contributed by atoms with Gasteiger partial charge in [-0.15, -0.1) is 0 Å². The quantitative estimate of drug-likeness (QED) is 0.458. The second-order valence-electron chi connectivity index (χ2n) is 3.28. The normalized spacial score (nSPS) is 9.69. The van der Waals surface area contributed by atoms with Gasteiger partial charge in [-0.1, -0.05) is 13.8 Å². The third-order valence-corrected chi connectivity index (χ3v) is 1.44. The highest BCUT2D eigenvalue weighted by Crippen LogP contribution is 1.87. The van der Waals surface area contributed by atoms with Gasteiger partial charge in [-0.05, 0) is 5.92 Å². The summed E-state index contributed by atoms with van der Waals surface area (Å²) in [5.41, 5.74) is 0. The number of nitrogens with one attached hydrogen (secondary N) is 2. The molecule has 0 aromatic heterocycles. The van der Waals surface area contributed by atoms with E-state index in [4.69, 9.17) is 5.26 Å². The van der Waals surface area contributed by atoms with Crippen LogP contribution in [0.4, 0.5) is 0 Å². The van der Waals surface area contributed by atoms with E-state index >= 15 is 0 Å². The smallest absolute Gasteiger partial charge is 0.221 e. The fraction of sp³-hybridized carbons (Fsp3) is 0.778. The van der Waals surface area contributed by atoms with Crippen molar-refractivity contribution in [2.75, 3.05) is 19.6 Å². The maximum Gasteiger partial charge on any atom is 0.221 e. The molecule has 0 aromatic carbocycles. The van der Waals surface area contributed by atoms with Gasteiger partial charge in [0.15, 0.2) is 0 Å². The summed E-state index contributed by atoms with van der Waals surface area (Å²) in [6.45, 7) is 5.69. The van der Waals surface area contributed by atoms with E-state index in [1.54, 1.807) is 0 Å². The number of nitrogens with zero attached hydrogens (tertiary/aromatic N) is 1. The topological polar surface area (TPSA) is 64.9 Å². The van der Waals surface area contributed by atoms with Crippen molar-refractivity contribution in [3.05, 3.63) is 0 Å². The van der Waals surface area contributed by atoms with Gasteiger partial charge in [-0.25, -0.2) is 0 Å². The second-order valence-corrected chi connectivity index (χ2v) is 3.28. The zero-order valence-electron chi connectivity index (χ0n) is 8.26. The summed E-state index contributed by atoms with van der Waals surface area (Å²) in [5.74, 6) is 0.523. The molecular weight excluding hydrogens is 166 g/mol. The third-order valence-electron chi connectivity index (χ3n) is 1.44. The van der Waals surface area contributed by atoms with Crippen LogP contribution in [0.1, 0.15) is 20.3 Å². The van der Waals surface area contributed by atoms with E-state index in [0.717, 1.165) is 6.54 Å². The molecule has 1 amide bonds. The van der Waals surface area contributed by atoms with Crippen LogP contribution in [-0.2, 0) is 4.79 Å². The first-order valence-electron chi connectivity index (χ1n) is 4.51. The Bertz CT molecular complexity index is 184. The lowest BCUT2D eigenvalue weighted by molar-refractivity contribution is -0.121. The number of hydrogen-bond acceptors (Lipinski definition) is 3. The minimum Gasteiger partial charge on any atom is -0.356 e. The third kappa shape index (κ3) is 8.83. The van der Waals surface area contributed by atoms with Crippen molar-refractivity contribution in [3.8, 4) is 6.07 Å². The van der Waals surface area contributed by atoms with Gasteiger partial charge in [0.1, 0.15) is 0 Å². The fourth-order valence-electron chi connectivity index (χ4n) is 0.753. The van der Waals surface area contributed by atoms with Gasteiger partial charge in [-0.3, -0.25) is 4.79 Å². The van der Waals surface area contributed by atoms with Crippen molar-refractivity contribution in [1.82, 2.24) is 10.6 Å². The van der Waals surface area contributed by atoms with Crippen LogP contribution < -0.4 is 10.6 Å². The Kier molecular flexibility index (Phi) is 6.93. The molecule has 0 aliphatic heterocycles. The monoisotopic (exact) mass is 183 g/mol. The molecule has 0 radical (unpaired) electrons. The molecule has 0 heterocycles. The molecule has 4 nitrogen and oxygen atoms in total. The number of hydrogen-bond donors (Lipinski definition) is 2. The summed E-state index contributed by atoms with van der Waals surface area (Å²) in [4.78, 5) is 11.1. The lowest BCUT2D eigenvalue weighted by atomic mass is 10.2. The Morgan fingerprint density at radius 3 is 2.77 bits per heavy atom. The maximum absolute atomic E-state index is 11.1. The molecule has 4 heteroatoms. The van der Waals surface area contributed by atoms with Crippen LogP contribution in [0.25, 0.3) is 0 Å². The van der Waals surface area contributed by atoms with E-state index in [1.165, 1.54) is 0 Å². The summed E-state index contributed by atoms with van der Waals surface area (Å²) in [5, 5.41) is 13.8. The molecular formula is C9H17N3O. The standard InChI is InChI=1S/C9H17N3O/c1-8(2)7-12-9(13)3-5-11-6-4-10/h8,11H,3,5-7H2,1-2H3,(H,12,13). The van der Waals surface area contributed by atoms with Crippen LogP contribution in [0.2, 0.25) is 0 Å². The van der Waals surface area contributed by atoms with Crippen molar-refractivity contribution in [2.24, 2.45) is 5.92 Å².